The lowest BCUT2D eigenvalue weighted by Crippen LogP contribution is -2.36. The molecule has 1 aliphatic carbocycles. The van der Waals surface area contributed by atoms with Crippen molar-refractivity contribution in [1.29, 1.82) is 0 Å². The second-order valence-corrected chi connectivity index (χ2v) is 4.95. The summed E-state index contributed by atoms with van der Waals surface area (Å²) in [7, 11) is 0. The zero-order valence-corrected chi connectivity index (χ0v) is 9.73. The zero-order chi connectivity index (χ0) is 11.4. The van der Waals surface area contributed by atoms with Gasteiger partial charge in [-0.25, -0.2) is 0 Å². The molecule has 4 heteroatoms. The fraction of sp³-hybridized carbons (Fsp3) is 0.917. The molecule has 0 aromatic carbocycles. The number of hydrogen-bond acceptors (Lipinski definition) is 3. The van der Waals surface area contributed by atoms with Crippen molar-refractivity contribution >= 4 is 5.97 Å². The summed E-state index contributed by atoms with van der Waals surface area (Å²) < 4.78 is 5.47. The van der Waals surface area contributed by atoms with Crippen LogP contribution in [-0.4, -0.2) is 48.3 Å². The van der Waals surface area contributed by atoms with E-state index in [2.05, 4.69) is 4.90 Å². The quantitative estimate of drug-likeness (QED) is 0.744. The molecule has 2 rings (SSSR count). The molecule has 16 heavy (non-hydrogen) atoms. The van der Waals surface area contributed by atoms with E-state index in [9.17, 15) is 4.79 Å². The Kier molecular flexibility index (Phi) is 4.18. The predicted molar refractivity (Wildman–Crippen MR) is 60.4 cm³/mol. The zero-order valence-electron chi connectivity index (χ0n) is 9.73. The number of carboxylic acid groups (broad SMARTS) is 1. The minimum atomic E-state index is -0.689. The maximum atomic E-state index is 10.6. The number of ether oxygens (including phenoxy) is 1. The number of carbonyl (C=O) groups is 1. The molecular weight excluding hydrogens is 206 g/mol. The molecule has 0 spiro atoms. The van der Waals surface area contributed by atoms with Gasteiger partial charge >= 0.3 is 5.97 Å². The lowest BCUT2D eigenvalue weighted by molar-refractivity contribution is -0.137. The molecule has 1 atom stereocenters. The molecule has 2 fully saturated rings. The lowest BCUT2D eigenvalue weighted by atomic mass is 10.0. The Morgan fingerprint density at radius 1 is 1.38 bits per heavy atom. The topological polar surface area (TPSA) is 49.8 Å². The molecule has 1 aliphatic heterocycles. The van der Waals surface area contributed by atoms with Gasteiger partial charge in [-0.3, -0.25) is 9.69 Å². The number of hydrogen-bond donors (Lipinski definition) is 1. The molecule has 0 bridgehead atoms. The van der Waals surface area contributed by atoms with Crippen LogP contribution >= 0.6 is 0 Å². The van der Waals surface area contributed by atoms with Crippen molar-refractivity contribution in [2.45, 2.75) is 38.1 Å². The van der Waals surface area contributed by atoms with E-state index < -0.39 is 5.97 Å². The van der Waals surface area contributed by atoms with Crippen LogP contribution in [0.5, 0.6) is 0 Å². The van der Waals surface area contributed by atoms with Crippen LogP contribution < -0.4 is 0 Å². The van der Waals surface area contributed by atoms with Crippen LogP contribution in [0.3, 0.4) is 0 Å². The standard InChI is InChI=1S/C12H21NO3/c14-12(15)5-6-13(11-3-4-11)8-10-2-1-7-16-9-10/h10-11H,1-9H2,(H,14,15). The first-order valence-corrected chi connectivity index (χ1v) is 6.29. The van der Waals surface area contributed by atoms with Crippen LogP contribution in [0, 0.1) is 5.92 Å². The Hall–Kier alpha value is -0.610. The first-order valence-electron chi connectivity index (χ1n) is 6.29. The number of rotatable bonds is 6. The molecule has 4 nitrogen and oxygen atoms in total. The first-order chi connectivity index (χ1) is 7.75. The summed E-state index contributed by atoms with van der Waals surface area (Å²) in [4.78, 5) is 12.9. The second-order valence-electron chi connectivity index (χ2n) is 4.95. The third-order valence-electron chi connectivity index (χ3n) is 3.42. The highest BCUT2D eigenvalue weighted by atomic mass is 16.5. The summed E-state index contributed by atoms with van der Waals surface area (Å²) in [6, 6.07) is 0.654. The first kappa shape index (κ1) is 11.9. The van der Waals surface area contributed by atoms with Crippen molar-refractivity contribution in [3.8, 4) is 0 Å². The van der Waals surface area contributed by atoms with Gasteiger partial charge in [0.25, 0.3) is 0 Å². The Labute approximate surface area is 96.6 Å². The summed E-state index contributed by atoms with van der Waals surface area (Å²) in [6.45, 7) is 3.49. The molecule has 0 aromatic heterocycles. The van der Waals surface area contributed by atoms with Gasteiger partial charge in [-0.05, 0) is 31.6 Å². The average Bonchev–Trinajstić information content (AvgIpc) is 3.09. The van der Waals surface area contributed by atoms with Gasteiger partial charge in [0.05, 0.1) is 13.0 Å². The van der Waals surface area contributed by atoms with E-state index in [0.717, 1.165) is 26.2 Å². The van der Waals surface area contributed by atoms with Gasteiger partial charge in [-0.2, -0.15) is 0 Å². The van der Waals surface area contributed by atoms with Crippen molar-refractivity contribution in [1.82, 2.24) is 4.90 Å². The van der Waals surface area contributed by atoms with Gasteiger partial charge in [0.15, 0.2) is 0 Å². The van der Waals surface area contributed by atoms with Crippen LogP contribution in [0.15, 0.2) is 0 Å². The highest BCUT2D eigenvalue weighted by molar-refractivity contribution is 5.66. The Morgan fingerprint density at radius 2 is 2.19 bits per heavy atom. The van der Waals surface area contributed by atoms with Gasteiger partial charge in [0.1, 0.15) is 0 Å². The SMILES string of the molecule is O=C(O)CCN(CC1CCCOC1)C1CC1. The monoisotopic (exact) mass is 227 g/mol. The molecule has 92 valence electrons. The summed E-state index contributed by atoms with van der Waals surface area (Å²) >= 11 is 0. The van der Waals surface area contributed by atoms with E-state index in [4.69, 9.17) is 9.84 Å². The molecule has 1 unspecified atom stereocenters. The van der Waals surface area contributed by atoms with Gasteiger partial charge in [0.2, 0.25) is 0 Å². The maximum Gasteiger partial charge on any atom is 0.304 e. The third kappa shape index (κ3) is 3.76. The summed E-state index contributed by atoms with van der Waals surface area (Å²) in [5, 5.41) is 8.72. The highest BCUT2D eigenvalue weighted by Crippen LogP contribution is 2.28. The lowest BCUT2D eigenvalue weighted by Gasteiger charge is -2.29. The van der Waals surface area contributed by atoms with Gasteiger partial charge in [-0.1, -0.05) is 0 Å². The van der Waals surface area contributed by atoms with Crippen LogP contribution in [0.25, 0.3) is 0 Å². The van der Waals surface area contributed by atoms with Gasteiger partial charge < -0.3 is 9.84 Å². The number of nitrogens with zero attached hydrogens (tertiary/aromatic N) is 1. The van der Waals surface area contributed by atoms with Crippen molar-refractivity contribution in [2.75, 3.05) is 26.3 Å². The average molecular weight is 227 g/mol. The normalized spacial score (nSPS) is 25.9. The van der Waals surface area contributed by atoms with E-state index >= 15 is 0 Å². The van der Waals surface area contributed by atoms with Crippen molar-refractivity contribution in [3.05, 3.63) is 0 Å². The van der Waals surface area contributed by atoms with Crippen molar-refractivity contribution in [2.24, 2.45) is 5.92 Å². The van der Waals surface area contributed by atoms with Crippen molar-refractivity contribution < 1.29 is 14.6 Å². The molecule has 0 amide bonds. The fourth-order valence-electron chi connectivity index (χ4n) is 2.38. The Balaban J connectivity index is 1.75. The largest absolute Gasteiger partial charge is 0.481 e. The fourth-order valence-corrected chi connectivity index (χ4v) is 2.38. The predicted octanol–water partition coefficient (Wildman–Crippen LogP) is 1.35. The number of aliphatic carboxylic acids is 1. The summed E-state index contributed by atoms with van der Waals surface area (Å²) in [6.07, 6.45) is 5.14. The number of carboxylic acids is 1. The minimum Gasteiger partial charge on any atom is -0.481 e. The Morgan fingerprint density at radius 3 is 2.75 bits per heavy atom. The second kappa shape index (κ2) is 5.64. The van der Waals surface area contributed by atoms with E-state index in [-0.39, 0.29) is 6.42 Å². The van der Waals surface area contributed by atoms with Crippen LogP contribution in [0.1, 0.15) is 32.1 Å². The van der Waals surface area contributed by atoms with Crippen LogP contribution in [-0.2, 0) is 9.53 Å². The van der Waals surface area contributed by atoms with E-state index in [1.165, 1.54) is 19.3 Å². The smallest absolute Gasteiger partial charge is 0.304 e. The van der Waals surface area contributed by atoms with Crippen LogP contribution in [0.2, 0.25) is 0 Å². The Bertz CT molecular complexity index is 234. The van der Waals surface area contributed by atoms with Crippen LogP contribution in [0.4, 0.5) is 0 Å². The summed E-state index contributed by atoms with van der Waals surface area (Å²) in [5.74, 6) is -0.0753. The van der Waals surface area contributed by atoms with E-state index in [1.54, 1.807) is 0 Å². The van der Waals surface area contributed by atoms with E-state index in [1.807, 2.05) is 0 Å². The highest BCUT2D eigenvalue weighted by Gasteiger charge is 2.31. The molecule has 1 saturated heterocycles. The molecule has 1 heterocycles. The van der Waals surface area contributed by atoms with Gasteiger partial charge in [-0.15, -0.1) is 0 Å². The van der Waals surface area contributed by atoms with Crippen molar-refractivity contribution in [3.63, 3.8) is 0 Å². The molecule has 1 N–H and O–H groups in total. The van der Waals surface area contributed by atoms with E-state index in [0.29, 0.717) is 18.5 Å². The summed E-state index contributed by atoms with van der Waals surface area (Å²) in [5.41, 5.74) is 0. The van der Waals surface area contributed by atoms with Gasteiger partial charge in [0, 0.05) is 25.7 Å². The molecular formula is C12H21NO3. The third-order valence-corrected chi connectivity index (χ3v) is 3.42. The molecule has 0 radical (unpaired) electrons. The molecule has 1 saturated carbocycles. The minimum absolute atomic E-state index is 0.268. The molecule has 0 aromatic rings. The maximum absolute atomic E-state index is 10.6. The molecule has 2 aliphatic rings.